The van der Waals surface area contributed by atoms with Gasteiger partial charge < -0.3 is 9.84 Å². The molecule has 0 aromatic carbocycles. The summed E-state index contributed by atoms with van der Waals surface area (Å²) in [6, 6.07) is 0. The Morgan fingerprint density at radius 1 is 1.29 bits per heavy atom. The van der Waals surface area contributed by atoms with Crippen LogP contribution in [0.1, 0.15) is 45.4 Å². The van der Waals surface area contributed by atoms with Crippen LogP contribution in [-0.2, 0) is 4.74 Å². The molecule has 3 fully saturated rings. The zero-order chi connectivity index (χ0) is 9.76. The van der Waals surface area contributed by atoms with Gasteiger partial charge in [0.1, 0.15) is 0 Å². The third kappa shape index (κ3) is 1.10. The molecule has 2 aliphatic heterocycles. The van der Waals surface area contributed by atoms with E-state index in [1.54, 1.807) is 0 Å². The summed E-state index contributed by atoms with van der Waals surface area (Å²) in [6.07, 6.45) is 7.33. The highest BCUT2D eigenvalue weighted by Gasteiger charge is 2.54. The van der Waals surface area contributed by atoms with Crippen LogP contribution in [0.25, 0.3) is 0 Å². The third-order valence-corrected chi connectivity index (χ3v) is 4.71. The molecule has 1 aliphatic carbocycles. The van der Waals surface area contributed by atoms with Crippen LogP contribution in [0.15, 0.2) is 0 Å². The monoisotopic (exact) mass is 196 g/mol. The topological polar surface area (TPSA) is 29.5 Å². The summed E-state index contributed by atoms with van der Waals surface area (Å²) in [6.45, 7) is 2.18. The second-order valence-corrected chi connectivity index (χ2v) is 5.56. The molecule has 2 heteroatoms. The van der Waals surface area contributed by atoms with Crippen molar-refractivity contribution in [2.24, 2.45) is 11.8 Å². The van der Waals surface area contributed by atoms with Crippen molar-refractivity contribution in [3.63, 3.8) is 0 Å². The van der Waals surface area contributed by atoms with Crippen molar-refractivity contribution in [3.05, 3.63) is 0 Å². The van der Waals surface area contributed by atoms with Crippen molar-refractivity contribution in [2.45, 2.75) is 63.3 Å². The predicted molar refractivity (Wildman–Crippen MR) is 54.0 cm³/mol. The average molecular weight is 196 g/mol. The lowest BCUT2D eigenvalue weighted by atomic mass is 9.71. The second-order valence-electron chi connectivity index (χ2n) is 5.56. The lowest BCUT2D eigenvalue weighted by Gasteiger charge is -2.51. The first-order valence-electron chi connectivity index (χ1n) is 6.07. The zero-order valence-electron chi connectivity index (χ0n) is 8.91. The average Bonchev–Trinajstić information content (AvgIpc) is 2.56. The Morgan fingerprint density at radius 3 is 3.00 bits per heavy atom. The van der Waals surface area contributed by atoms with Gasteiger partial charge in [0, 0.05) is 0 Å². The smallest absolute Gasteiger partial charge is 0.0844 e. The summed E-state index contributed by atoms with van der Waals surface area (Å²) in [5, 5.41) is 9.98. The summed E-state index contributed by atoms with van der Waals surface area (Å²) < 4.78 is 6.17. The number of ether oxygens (including phenoxy) is 1. The van der Waals surface area contributed by atoms with Gasteiger partial charge >= 0.3 is 0 Å². The van der Waals surface area contributed by atoms with Gasteiger partial charge in [0.2, 0.25) is 0 Å². The summed E-state index contributed by atoms with van der Waals surface area (Å²) in [7, 11) is 0. The quantitative estimate of drug-likeness (QED) is 0.643. The molecule has 80 valence electrons. The number of hydrogen-bond donors (Lipinski definition) is 1. The molecule has 14 heavy (non-hydrogen) atoms. The number of aliphatic hydroxyl groups is 1. The molecule has 0 unspecified atom stereocenters. The highest BCUT2D eigenvalue weighted by molar-refractivity contribution is 5.03. The van der Waals surface area contributed by atoms with E-state index in [2.05, 4.69) is 6.92 Å². The van der Waals surface area contributed by atoms with Gasteiger partial charge in [-0.1, -0.05) is 13.3 Å². The van der Waals surface area contributed by atoms with Crippen molar-refractivity contribution in [1.82, 2.24) is 0 Å². The molecule has 0 aromatic rings. The number of aliphatic hydroxyl groups excluding tert-OH is 1. The summed E-state index contributed by atoms with van der Waals surface area (Å²) in [5.74, 6) is 1.24. The largest absolute Gasteiger partial charge is 0.390 e. The minimum absolute atomic E-state index is 0.146. The lowest BCUT2D eigenvalue weighted by Crippen LogP contribution is -2.56. The highest BCUT2D eigenvalue weighted by atomic mass is 16.5. The van der Waals surface area contributed by atoms with E-state index in [-0.39, 0.29) is 17.8 Å². The van der Waals surface area contributed by atoms with Gasteiger partial charge in [0.15, 0.2) is 0 Å². The molecule has 5 atom stereocenters. The second kappa shape index (κ2) is 2.96. The lowest BCUT2D eigenvalue weighted by molar-refractivity contribution is -0.233. The Balaban J connectivity index is 1.89. The SMILES string of the molecule is C[C@H]1C[C@@]23CCC[C@@H]2CC[C@H](O3)[C@@H]1O. The first-order valence-corrected chi connectivity index (χ1v) is 6.07. The number of rotatable bonds is 0. The van der Waals surface area contributed by atoms with Gasteiger partial charge in [-0.3, -0.25) is 0 Å². The molecule has 2 bridgehead atoms. The van der Waals surface area contributed by atoms with E-state index in [0.29, 0.717) is 5.92 Å². The molecule has 3 aliphatic rings. The van der Waals surface area contributed by atoms with Crippen LogP contribution in [0.5, 0.6) is 0 Å². The fourth-order valence-electron chi connectivity index (χ4n) is 3.99. The first kappa shape index (κ1) is 9.17. The van der Waals surface area contributed by atoms with Crippen LogP contribution in [0.3, 0.4) is 0 Å². The summed E-state index contributed by atoms with van der Waals surface area (Å²) >= 11 is 0. The normalized spacial score (nSPS) is 57.0. The van der Waals surface area contributed by atoms with Crippen LogP contribution in [0, 0.1) is 11.8 Å². The third-order valence-electron chi connectivity index (χ3n) is 4.71. The predicted octanol–water partition coefficient (Wildman–Crippen LogP) is 2.11. The Labute approximate surface area is 85.6 Å². The number of hydrogen-bond acceptors (Lipinski definition) is 2. The van der Waals surface area contributed by atoms with Crippen molar-refractivity contribution in [3.8, 4) is 0 Å². The van der Waals surface area contributed by atoms with Crippen LogP contribution in [0.4, 0.5) is 0 Å². The zero-order valence-corrected chi connectivity index (χ0v) is 8.91. The van der Waals surface area contributed by atoms with Gasteiger partial charge in [-0.2, -0.15) is 0 Å². The molecular weight excluding hydrogens is 176 g/mol. The first-order chi connectivity index (χ1) is 6.71. The van der Waals surface area contributed by atoms with E-state index in [9.17, 15) is 5.11 Å². The van der Waals surface area contributed by atoms with E-state index in [1.165, 1.54) is 25.7 Å². The molecule has 1 N–H and O–H groups in total. The Morgan fingerprint density at radius 2 is 2.14 bits per heavy atom. The standard InChI is InChI=1S/C12H20O2/c1-8-7-12-6-2-3-9(12)4-5-10(14-12)11(8)13/h8-11,13H,2-7H2,1H3/t8-,9+,10-,11+,12-/m0/s1. The molecule has 0 aromatic heterocycles. The van der Waals surface area contributed by atoms with E-state index < -0.39 is 0 Å². The Bertz CT molecular complexity index is 236. The Hall–Kier alpha value is -0.0800. The maximum absolute atomic E-state index is 9.98. The molecule has 2 heterocycles. The number of fused-ring (bicyclic) bond motifs is 1. The van der Waals surface area contributed by atoms with Gasteiger partial charge in [-0.05, 0) is 43.9 Å². The minimum atomic E-state index is -0.206. The van der Waals surface area contributed by atoms with Crippen LogP contribution < -0.4 is 0 Å². The fraction of sp³-hybridized carbons (Fsp3) is 1.00. The Kier molecular flexibility index (Phi) is 1.94. The molecule has 3 rings (SSSR count). The fourth-order valence-corrected chi connectivity index (χ4v) is 3.99. The van der Waals surface area contributed by atoms with E-state index in [0.717, 1.165) is 18.8 Å². The van der Waals surface area contributed by atoms with Gasteiger partial charge in [-0.25, -0.2) is 0 Å². The molecule has 0 amide bonds. The van der Waals surface area contributed by atoms with Crippen molar-refractivity contribution in [1.29, 1.82) is 0 Å². The van der Waals surface area contributed by atoms with Gasteiger partial charge in [0.05, 0.1) is 17.8 Å². The molecular formula is C12H20O2. The molecule has 1 saturated carbocycles. The van der Waals surface area contributed by atoms with E-state index >= 15 is 0 Å². The van der Waals surface area contributed by atoms with Crippen LogP contribution in [-0.4, -0.2) is 22.9 Å². The molecule has 2 nitrogen and oxygen atoms in total. The molecule has 1 spiro atoms. The van der Waals surface area contributed by atoms with Crippen molar-refractivity contribution >= 4 is 0 Å². The maximum Gasteiger partial charge on any atom is 0.0844 e. The van der Waals surface area contributed by atoms with Crippen LogP contribution >= 0.6 is 0 Å². The summed E-state index contributed by atoms with van der Waals surface area (Å²) in [5.41, 5.74) is 0.182. The van der Waals surface area contributed by atoms with Crippen molar-refractivity contribution < 1.29 is 9.84 Å². The summed E-state index contributed by atoms with van der Waals surface area (Å²) in [4.78, 5) is 0. The van der Waals surface area contributed by atoms with Gasteiger partial charge in [0.25, 0.3) is 0 Å². The molecule has 2 saturated heterocycles. The maximum atomic E-state index is 9.98. The highest BCUT2D eigenvalue weighted by Crippen LogP contribution is 2.53. The van der Waals surface area contributed by atoms with Crippen molar-refractivity contribution in [2.75, 3.05) is 0 Å². The van der Waals surface area contributed by atoms with Gasteiger partial charge in [-0.15, -0.1) is 0 Å². The van der Waals surface area contributed by atoms with Crippen LogP contribution in [0.2, 0.25) is 0 Å². The van der Waals surface area contributed by atoms with E-state index in [4.69, 9.17) is 4.74 Å². The minimum Gasteiger partial charge on any atom is -0.390 e. The van der Waals surface area contributed by atoms with E-state index in [1.807, 2.05) is 0 Å². The molecule has 0 radical (unpaired) electrons.